The van der Waals surface area contributed by atoms with Crippen LogP contribution in [0.2, 0.25) is 0 Å². The number of benzene rings is 1. The first-order chi connectivity index (χ1) is 8.95. The molecule has 3 nitrogen and oxygen atoms in total. The Balaban J connectivity index is 2.05. The second kappa shape index (κ2) is 4.17. The standard InChI is InChI=1S/C15H18FN3/c1-15(2)10-18(3)9-14-17-13(8-19(14)15)11-4-6-12(16)7-5-11/h4-8H,9-10H2,1-3H3. The maximum absolute atomic E-state index is 13.0. The van der Waals surface area contributed by atoms with E-state index in [2.05, 4.69) is 36.6 Å². The largest absolute Gasteiger partial charge is 0.326 e. The van der Waals surface area contributed by atoms with E-state index in [1.54, 1.807) is 12.1 Å². The minimum Gasteiger partial charge on any atom is -0.326 e. The van der Waals surface area contributed by atoms with Crippen LogP contribution in [0.15, 0.2) is 30.5 Å². The monoisotopic (exact) mass is 259 g/mol. The van der Waals surface area contributed by atoms with Gasteiger partial charge in [0.15, 0.2) is 0 Å². The summed E-state index contributed by atoms with van der Waals surface area (Å²) in [4.78, 5) is 6.97. The van der Waals surface area contributed by atoms with Gasteiger partial charge in [0.25, 0.3) is 0 Å². The third kappa shape index (κ3) is 2.16. The van der Waals surface area contributed by atoms with Gasteiger partial charge in [-0.25, -0.2) is 9.37 Å². The summed E-state index contributed by atoms with van der Waals surface area (Å²) in [5.41, 5.74) is 1.91. The molecule has 1 aliphatic rings. The second-order valence-electron chi connectivity index (χ2n) is 5.90. The molecule has 1 aromatic carbocycles. The van der Waals surface area contributed by atoms with E-state index in [9.17, 15) is 4.39 Å². The Morgan fingerprint density at radius 1 is 1.21 bits per heavy atom. The van der Waals surface area contributed by atoms with Gasteiger partial charge in [-0.3, -0.25) is 4.90 Å². The first-order valence-corrected chi connectivity index (χ1v) is 6.49. The predicted octanol–water partition coefficient (Wildman–Crippen LogP) is 2.87. The first-order valence-electron chi connectivity index (χ1n) is 6.49. The lowest BCUT2D eigenvalue weighted by Crippen LogP contribution is -2.44. The normalized spacial score (nSPS) is 18.3. The molecule has 2 heterocycles. The number of imidazole rings is 1. The van der Waals surface area contributed by atoms with Crippen molar-refractivity contribution in [2.75, 3.05) is 13.6 Å². The average Bonchev–Trinajstić information content (AvgIpc) is 2.73. The number of rotatable bonds is 1. The number of hydrogen-bond acceptors (Lipinski definition) is 2. The molecule has 0 unspecified atom stereocenters. The van der Waals surface area contributed by atoms with Gasteiger partial charge in [0.1, 0.15) is 11.6 Å². The van der Waals surface area contributed by atoms with Gasteiger partial charge in [0.2, 0.25) is 0 Å². The van der Waals surface area contributed by atoms with Gasteiger partial charge < -0.3 is 4.57 Å². The molecular formula is C15H18FN3. The van der Waals surface area contributed by atoms with Crippen molar-refractivity contribution >= 4 is 0 Å². The minimum absolute atomic E-state index is 0.0353. The highest BCUT2D eigenvalue weighted by molar-refractivity contribution is 5.58. The van der Waals surface area contributed by atoms with Crippen LogP contribution in [-0.2, 0) is 12.1 Å². The van der Waals surface area contributed by atoms with Crippen molar-refractivity contribution < 1.29 is 4.39 Å². The van der Waals surface area contributed by atoms with Gasteiger partial charge in [-0.05, 0) is 45.2 Å². The van der Waals surface area contributed by atoms with Crippen molar-refractivity contribution in [2.45, 2.75) is 25.9 Å². The highest BCUT2D eigenvalue weighted by atomic mass is 19.1. The smallest absolute Gasteiger partial charge is 0.124 e. The van der Waals surface area contributed by atoms with Crippen LogP contribution in [-0.4, -0.2) is 28.0 Å². The average molecular weight is 259 g/mol. The number of likely N-dealkylation sites (N-methyl/N-ethyl adjacent to an activating group) is 1. The molecule has 0 bridgehead atoms. The Morgan fingerprint density at radius 2 is 1.89 bits per heavy atom. The van der Waals surface area contributed by atoms with Gasteiger partial charge in [-0.1, -0.05) is 0 Å². The molecular weight excluding hydrogens is 241 g/mol. The Kier molecular flexibility index (Phi) is 2.71. The molecule has 0 fully saturated rings. The molecule has 2 aromatic rings. The summed E-state index contributed by atoms with van der Waals surface area (Å²) in [6, 6.07) is 6.51. The van der Waals surface area contributed by atoms with Crippen LogP contribution < -0.4 is 0 Å². The lowest BCUT2D eigenvalue weighted by molar-refractivity contribution is 0.157. The Hall–Kier alpha value is -1.68. The molecule has 0 spiro atoms. The summed E-state index contributed by atoms with van der Waals surface area (Å²) in [6.45, 7) is 6.27. The van der Waals surface area contributed by atoms with Crippen molar-refractivity contribution in [1.82, 2.24) is 14.5 Å². The van der Waals surface area contributed by atoms with Crippen molar-refractivity contribution in [3.8, 4) is 11.3 Å². The van der Waals surface area contributed by atoms with E-state index >= 15 is 0 Å². The molecule has 0 amide bonds. The van der Waals surface area contributed by atoms with Crippen LogP contribution in [0.3, 0.4) is 0 Å². The fourth-order valence-electron chi connectivity index (χ4n) is 2.85. The summed E-state index contributed by atoms with van der Waals surface area (Å²) in [6.07, 6.45) is 2.08. The van der Waals surface area contributed by atoms with E-state index in [-0.39, 0.29) is 11.4 Å². The van der Waals surface area contributed by atoms with Gasteiger partial charge in [-0.15, -0.1) is 0 Å². The van der Waals surface area contributed by atoms with Crippen molar-refractivity contribution in [3.05, 3.63) is 42.1 Å². The highest BCUT2D eigenvalue weighted by Gasteiger charge is 2.30. The van der Waals surface area contributed by atoms with Crippen molar-refractivity contribution in [3.63, 3.8) is 0 Å². The van der Waals surface area contributed by atoms with Crippen LogP contribution in [0.5, 0.6) is 0 Å². The van der Waals surface area contributed by atoms with E-state index in [1.165, 1.54) is 12.1 Å². The predicted molar refractivity (Wildman–Crippen MR) is 73.3 cm³/mol. The number of nitrogens with zero attached hydrogens (tertiary/aromatic N) is 3. The number of halogens is 1. The molecule has 0 atom stereocenters. The zero-order valence-electron chi connectivity index (χ0n) is 11.5. The molecule has 3 rings (SSSR count). The molecule has 1 aliphatic heterocycles. The molecule has 4 heteroatoms. The Labute approximate surface area is 112 Å². The molecule has 0 saturated heterocycles. The minimum atomic E-state index is -0.215. The number of fused-ring (bicyclic) bond motifs is 1. The van der Waals surface area contributed by atoms with Crippen molar-refractivity contribution in [2.24, 2.45) is 0 Å². The zero-order chi connectivity index (χ0) is 13.6. The van der Waals surface area contributed by atoms with Crippen LogP contribution in [0, 0.1) is 5.82 Å². The Morgan fingerprint density at radius 3 is 2.58 bits per heavy atom. The summed E-state index contributed by atoms with van der Waals surface area (Å²) in [5, 5.41) is 0. The van der Waals surface area contributed by atoms with E-state index in [4.69, 9.17) is 4.98 Å². The van der Waals surface area contributed by atoms with Crippen LogP contribution in [0.25, 0.3) is 11.3 Å². The summed E-state index contributed by atoms with van der Waals surface area (Å²) in [7, 11) is 2.11. The zero-order valence-corrected chi connectivity index (χ0v) is 11.5. The summed E-state index contributed by atoms with van der Waals surface area (Å²) >= 11 is 0. The first kappa shape index (κ1) is 12.4. The fourth-order valence-corrected chi connectivity index (χ4v) is 2.85. The lowest BCUT2D eigenvalue weighted by atomic mass is 10.0. The summed E-state index contributed by atoms with van der Waals surface area (Å²) in [5.74, 6) is 0.853. The Bertz CT molecular complexity index is 598. The molecule has 100 valence electrons. The molecule has 0 N–H and O–H groups in total. The van der Waals surface area contributed by atoms with Gasteiger partial charge >= 0.3 is 0 Å². The third-order valence-corrected chi connectivity index (χ3v) is 3.64. The van der Waals surface area contributed by atoms with E-state index in [0.717, 1.165) is 30.2 Å². The van der Waals surface area contributed by atoms with E-state index in [1.807, 2.05) is 0 Å². The van der Waals surface area contributed by atoms with Gasteiger partial charge in [-0.2, -0.15) is 0 Å². The maximum atomic E-state index is 13.0. The molecule has 1 aromatic heterocycles. The van der Waals surface area contributed by atoms with Gasteiger partial charge in [0.05, 0.1) is 17.8 Å². The molecule has 0 radical (unpaired) electrons. The van der Waals surface area contributed by atoms with E-state index < -0.39 is 0 Å². The molecule has 19 heavy (non-hydrogen) atoms. The fraction of sp³-hybridized carbons (Fsp3) is 0.400. The lowest BCUT2D eigenvalue weighted by Gasteiger charge is -2.37. The maximum Gasteiger partial charge on any atom is 0.124 e. The van der Waals surface area contributed by atoms with Crippen molar-refractivity contribution in [1.29, 1.82) is 0 Å². The SMILES string of the molecule is CN1Cc2nc(-c3ccc(F)cc3)cn2C(C)(C)C1. The highest BCUT2D eigenvalue weighted by Crippen LogP contribution is 2.29. The quantitative estimate of drug-likeness (QED) is 0.785. The van der Waals surface area contributed by atoms with Crippen LogP contribution in [0.1, 0.15) is 19.7 Å². The van der Waals surface area contributed by atoms with Gasteiger partial charge in [0, 0.05) is 18.3 Å². The topological polar surface area (TPSA) is 21.1 Å². The van der Waals surface area contributed by atoms with Crippen LogP contribution in [0.4, 0.5) is 4.39 Å². The summed E-state index contributed by atoms with van der Waals surface area (Å²) < 4.78 is 15.2. The molecule has 0 saturated carbocycles. The van der Waals surface area contributed by atoms with Crippen LogP contribution >= 0.6 is 0 Å². The molecule has 0 aliphatic carbocycles. The second-order valence-corrected chi connectivity index (χ2v) is 5.90. The third-order valence-electron chi connectivity index (χ3n) is 3.64. The van der Waals surface area contributed by atoms with E-state index in [0.29, 0.717) is 0 Å². The number of aromatic nitrogens is 2. The number of hydrogen-bond donors (Lipinski definition) is 0.